The fraction of sp³-hybridized carbons (Fsp3) is 0.176. The molecule has 110 valence electrons. The summed E-state index contributed by atoms with van der Waals surface area (Å²) in [4.78, 5) is 1.02. The molecule has 1 aliphatic heterocycles. The summed E-state index contributed by atoms with van der Waals surface area (Å²) in [6.07, 6.45) is 2.96. The van der Waals surface area contributed by atoms with Crippen molar-refractivity contribution in [2.45, 2.75) is 17.4 Å². The van der Waals surface area contributed by atoms with Gasteiger partial charge in [-0.15, -0.1) is 18.3 Å². The second-order valence-electron chi connectivity index (χ2n) is 4.54. The summed E-state index contributed by atoms with van der Waals surface area (Å²) in [6, 6.07) is 13.9. The second kappa shape index (κ2) is 7.64. The van der Waals surface area contributed by atoms with Crippen LogP contribution in [-0.2, 0) is 0 Å². The van der Waals surface area contributed by atoms with Crippen molar-refractivity contribution in [3.8, 4) is 17.2 Å². The van der Waals surface area contributed by atoms with Crippen LogP contribution >= 0.6 is 11.8 Å². The van der Waals surface area contributed by atoms with Gasteiger partial charge in [0.25, 0.3) is 0 Å². The number of para-hydroxylation sites is 1. The molecule has 0 aromatic heterocycles. The Kier molecular flexibility index (Phi) is 5.58. The molecule has 0 saturated heterocycles. The van der Waals surface area contributed by atoms with Crippen LogP contribution in [0.2, 0.25) is 0 Å². The fourth-order valence-electron chi connectivity index (χ4n) is 1.83. The number of hydrogen-bond acceptors (Lipinski definition) is 4. The summed E-state index contributed by atoms with van der Waals surface area (Å²) in [7, 11) is 0. The number of phenolic OH excluding ortho intramolecular Hbond substituents is 2. The summed E-state index contributed by atoms with van der Waals surface area (Å²) in [6.45, 7) is 3.70. The van der Waals surface area contributed by atoms with Crippen molar-refractivity contribution in [1.82, 2.24) is 0 Å². The standard InChI is InChI=1S/C11H12O2S.C6H6O/c1-2-3-9-7-14-11-6-8(12)4-5-10(11)13-9;7-6-4-2-1-3-5-6/h2,4-6,9,12H,1,3,7H2;1-5,7H/t9-;/m0./s1. The number of fused-ring (bicyclic) bond motifs is 1. The van der Waals surface area contributed by atoms with Crippen LogP contribution in [0.15, 0.2) is 66.1 Å². The van der Waals surface area contributed by atoms with Crippen LogP contribution < -0.4 is 4.74 Å². The molecule has 1 aliphatic rings. The summed E-state index contributed by atoms with van der Waals surface area (Å²) in [5, 5.41) is 17.9. The molecule has 2 aromatic rings. The highest BCUT2D eigenvalue weighted by Gasteiger charge is 2.19. The van der Waals surface area contributed by atoms with Crippen molar-refractivity contribution in [2.75, 3.05) is 5.75 Å². The predicted molar refractivity (Wildman–Crippen MR) is 86.2 cm³/mol. The number of phenols is 2. The van der Waals surface area contributed by atoms with Gasteiger partial charge in [-0.05, 0) is 30.3 Å². The highest BCUT2D eigenvalue weighted by molar-refractivity contribution is 7.99. The quantitative estimate of drug-likeness (QED) is 0.816. The van der Waals surface area contributed by atoms with E-state index in [9.17, 15) is 5.11 Å². The Morgan fingerprint density at radius 2 is 1.90 bits per heavy atom. The normalized spacial score (nSPS) is 15.9. The maximum atomic E-state index is 9.27. The summed E-state index contributed by atoms with van der Waals surface area (Å²) >= 11 is 1.72. The molecule has 2 N–H and O–H groups in total. The van der Waals surface area contributed by atoms with E-state index in [1.165, 1.54) is 0 Å². The Morgan fingerprint density at radius 1 is 1.14 bits per heavy atom. The van der Waals surface area contributed by atoms with E-state index in [1.54, 1.807) is 48.2 Å². The molecule has 0 radical (unpaired) electrons. The van der Waals surface area contributed by atoms with E-state index in [0.29, 0.717) is 11.5 Å². The number of ether oxygens (including phenoxy) is 1. The van der Waals surface area contributed by atoms with Crippen LogP contribution in [0.5, 0.6) is 17.2 Å². The van der Waals surface area contributed by atoms with Crippen molar-refractivity contribution in [3.63, 3.8) is 0 Å². The van der Waals surface area contributed by atoms with Crippen molar-refractivity contribution in [1.29, 1.82) is 0 Å². The van der Waals surface area contributed by atoms with E-state index in [-0.39, 0.29) is 6.10 Å². The highest BCUT2D eigenvalue weighted by atomic mass is 32.2. The van der Waals surface area contributed by atoms with Crippen LogP contribution in [0, 0.1) is 0 Å². The Hall–Kier alpha value is -2.07. The van der Waals surface area contributed by atoms with Gasteiger partial charge in [0.2, 0.25) is 0 Å². The van der Waals surface area contributed by atoms with Crippen LogP contribution in [0.25, 0.3) is 0 Å². The van der Waals surface area contributed by atoms with Gasteiger partial charge in [0.05, 0.1) is 4.90 Å². The first-order valence-corrected chi connectivity index (χ1v) is 7.65. The lowest BCUT2D eigenvalue weighted by molar-refractivity contribution is 0.218. The first kappa shape index (κ1) is 15.3. The topological polar surface area (TPSA) is 49.7 Å². The second-order valence-corrected chi connectivity index (χ2v) is 5.60. The number of thioether (sulfide) groups is 1. The zero-order valence-electron chi connectivity index (χ0n) is 11.6. The lowest BCUT2D eigenvalue weighted by Crippen LogP contribution is -2.22. The summed E-state index contributed by atoms with van der Waals surface area (Å²) < 4.78 is 5.72. The number of rotatable bonds is 2. The summed E-state index contributed by atoms with van der Waals surface area (Å²) in [5.74, 6) is 2.40. The molecule has 0 bridgehead atoms. The van der Waals surface area contributed by atoms with Gasteiger partial charge in [0.15, 0.2) is 0 Å². The molecular weight excluding hydrogens is 284 g/mol. The molecule has 0 fully saturated rings. The van der Waals surface area contributed by atoms with Crippen molar-refractivity contribution >= 4 is 11.8 Å². The van der Waals surface area contributed by atoms with Gasteiger partial charge in [-0.2, -0.15) is 0 Å². The molecule has 3 nitrogen and oxygen atoms in total. The lowest BCUT2D eigenvalue weighted by Gasteiger charge is -2.24. The molecule has 21 heavy (non-hydrogen) atoms. The van der Waals surface area contributed by atoms with Gasteiger partial charge in [-0.25, -0.2) is 0 Å². The van der Waals surface area contributed by atoms with Crippen LogP contribution in [-0.4, -0.2) is 22.1 Å². The molecule has 1 atom stereocenters. The highest BCUT2D eigenvalue weighted by Crippen LogP contribution is 2.38. The molecule has 0 unspecified atom stereocenters. The lowest BCUT2D eigenvalue weighted by atomic mass is 10.2. The van der Waals surface area contributed by atoms with E-state index in [4.69, 9.17) is 9.84 Å². The van der Waals surface area contributed by atoms with E-state index < -0.39 is 0 Å². The van der Waals surface area contributed by atoms with Gasteiger partial charge in [-0.1, -0.05) is 24.3 Å². The Bertz CT molecular complexity index is 584. The minimum absolute atomic E-state index is 0.217. The van der Waals surface area contributed by atoms with Crippen LogP contribution in [0.4, 0.5) is 0 Å². The first-order chi connectivity index (χ1) is 10.2. The Labute approximate surface area is 128 Å². The third-order valence-corrected chi connectivity index (χ3v) is 4.00. The molecular formula is C17H18O3S. The van der Waals surface area contributed by atoms with Gasteiger partial charge >= 0.3 is 0 Å². The van der Waals surface area contributed by atoms with Crippen molar-refractivity contribution < 1.29 is 14.9 Å². The maximum Gasteiger partial charge on any atom is 0.133 e. The third kappa shape index (κ3) is 4.76. The maximum absolute atomic E-state index is 9.27. The van der Waals surface area contributed by atoms with Gasteiger partial charge in [-0.3, -0.25) is 0 Å². The van der Waals surface area contributed by atoms with Gasteiger partial charge in [0.1, 0.15) is 23.4 Å². The number of hydrogen-bond donors (Lipinski definition) is 2. The smallest absolute Gasteiger partial charge is 0.133 e. The average molecular weight is 302 g/mol. The molecule has 0 amide bonds. The molecule has 0 aliphatic carbocycles. The SMILES string of the molecule is C=CC[C@H]1CSc2cc(O)ccc2O1.Oc1ccccc1. The molecule has 0 saturated carbocycles. The van der Waals surface area contributed by atoms with E-state index in [2.05, 4.69) is 6.58 Å². The molecule has 1 heterocycles. The fourth-order valence-corrected chi connectivity index (χ4v) is 2.87. The average Bonchev–Trinajstić information content (AvgIpc) is 2.49. The van der Waals surface area contributed by atoms with Crippen molar-refractivity contribution in [3.05, 3.63) is 61.2 Å². The first-order valence-electron chi connectivity index (χ1n) is 6.66. The molecule has 3 rings (SSSR count). The van der Waals surface area contributed by atoms with Crippen molar-refractivity contribution in [2.24, 2.45) is 0 Å². The summed E-state index contributed by atoms with van der Waals surface area (Å²) in [5.41, 5.74) is 0. The van der Waals surface area contributed by atoms with E-state index in [0.717, 1.165) is 22.8 Å². The Morgan fingerprint density at radius 3 is 2.52 bits per heavy atom. The third-order valence-electron chi connectivity index (χ3n) is 2.83. The monoisotopic (exact) mass is 302 g/mol. The predicted octanol–water partition coefficient (Wildman–Crippen LogP) is 4.21. The van der Waals surface area contributed by atoms with Gasteiger partial charge in [0, 0.05) is 12.2 Å². The molecule has 4 heteroatoms. The Balaban J connectivity index is 0.000000194. The zero-order chi connectivity index (χ0) is 15.1. The van der Waals surface area contributed by atoms with Crippen LogP contribution in [0.1, 0.15) is 6.42 Å². The molecule has 2 aromatic carbocycles. The largest absolute Gasteiger partial charge is 0.508 e. The van der Waals surface area contributed by atoms with E-state index in [1.807, 2.05) is 18.2 Å². The number of benzene rings is 2. The van der Waals surface area contributed by atoms with E-state index >= 15 is 0 Å². The molecule has 0 spiro atoms. The van der Waals surface area contributed by atoms with Crippen LogP contribution in [0.3, 0.4) is 0 Å². The zero-order valence-corrected chi connectivity index (χ0v) is 12.4. The number of aromatic hydroxyl groups is 2. The van der Waals surface area contributed by atoms with Gasteiger partial charge < -0.3 is 14.9 Å². The minimum Gasteiger partial charge on any atom is -0.508 e. The minimum atomic E-state index is 0.217.